The fraction of sp³-hybridized carbons (Fsp3) is 0.522. The first kappa shape index (κ1) is 35.6. The zero-order valence-electron chi connectivity index (χ0n) is 22.6. The molecule has 1 rings (SSSR count). The van der Waals surface area contributed by atoms with E-state index in [1.54, 1.807) is 31.2 Å². The number of carbonyl (C=O) groups is 5. The van der Waals surface area contributed by atoms with E-state index in [9.17, 15) is 49.5 Å². The Hall–Kier alpha value is -2.43. The Bertz CT molecular complexity index is 909. The van der Waals surface area contributed by atoms with Crippen molar-refractivity contribution >= 4 is 29.8 Å². The second kappa shape index (κ2) is 18.8. The average molecular weight is 682 g/mol. The minimum Gasteiger partial charge on any atom is -0.549 e. The van der Waals surface area contributed by atoms with E-state index < -0.39 is 68.6 Å². The summed E-state index contributed by atoms with van der Waals surface area (Å²) in [5, 5.41) is 55.9. The van der Waals surface area contributed by atoms with Gasteiger partial charge in [0.05, 0.1) is 36.5 Å². The molecule has 0 spiro atoms. The van der Waals surface area contributed by atoms with Crippen molar-refractivity contribution in [3.8, 4) is 5.75 Å². The number of aliphatic carboxylic acids is 5. The molecular weight excluding hydrogens is 652 g/mol. The van der Waals surface area contributed by atoms with E-state index in [4.69, 9.17) is 4.74 Å². The van der Waals surface area contributed by atoms with Crippen LogP contribution in [0.3, 0.4) is 0 Å². The van der Waals surface area contributed by atoms with Crippen LogP contribution >= 0.6 is 0 Å². The van der Waals surface area contributed by atoms with Crippen LogP contribution in [0, 0.1) is 39.9 Å². The first-order valence-corrected chi connectivity index (χ1v) is 11.3. The summed E-state index contributed by atoms with van der Waals surface area (Å²) in [5.74, 6) is -7.21. The topological polar surface area (TPSA) is 220 Å². The van der Waals surface area contributed by atoms with Gasteiger partial charge in [0.15, 0.2) is 0 Å². The van der Waals surface area contributed by atoms with Crippen LogP contribution in [0.4, 0.5) is 0 Å². The van der Waals surface area contributed by atoms with E-state index in [0.29, 0.717) is 17.9 Å². The number of hydrogen-bond acceptors (Lipinski definition) is 14. The number of rotatable bonds is 20. The number of benzene rings is 1. The van der Waals surface area contributed by atoms with Crippen molar-refractivity contribution in [3.05, 3.63) is 29.8 Å². The van der Waals surface area contributed by atoms with Gasteiger partial charge in [-0.05, 0) is 31.0 Å². The smallest absolute Gasteiger partial charge is 0.549 e. The molecule has 1 radical (unpaired) electrons. The van der Waals surface area contributed by atoms with E-state index in [2.05, 4.69) is 0 Å². The van der Waals surface area contributed by atoms with Gasteiger partial charge in [-0.3, -0.25) is 14.7 Å². The van der Waals surface area contributed by atoms with Crippen molar-refractivity contribution in [3.63, 3.8) is 0 Å². The van der Waals surface area contributed by atoms with Crippen molar-refractivity contribution in [1.82, 2.24) is 14.7 Å². The Morgan fingerprint density at radius 3 is 1.58 bits per heavy atom. The summed E-state index contributed by atoms with van der Waals surface area (Å²) in [6, 6.07) is 5.80. The summed E-state index contributed by atoms with van der Waals surface area (Å²) < 4.78 is 5.38. The Morgan fingerprint density at radius 2 is 1.16 bits per heavy atom. The fourth-order valence-electron chi connectivity index (χ4n) is 3.69. The number of carboxylic acid groups (broad SMARTS) is 5. The van der Waals surface area contributed by atoms with Crippen LogP contribution in [0.5, 0.6) is 5.75 Å². The molecule has 1 atom stereocenters. The second-order valence-electron chi connectivity index (χ2n) is 8.15. The largest absolute Gasteiger partial charge is 3.00 e. The third-order valence-corrected chi connectivity index (χ3v) is 5.15. The quantitative estimate of drug-likeness (QED) is 0.125. The minimum atomic E-state index is -1.57. The van der Waals surface area contributed by atoms with E-state index in [1.807, 2.05) is 0 Å². The van der Waals surface area contributed by atoms with Crippen LogP contribution in [0.15, 0.2) is 24.3 Å². The number of ether oxygens (including phenoxy) is 1. The van der Waals surface area contributed by atoms with Gasteiger partial charge in [-0.2, -0.15) is 0 Å². The minimum absolute atomic E-state index is 0. The summed E-state index contributed by atoms with van der Waals surface area (Å²) in [5.41, 5.74) is 0.652. The summed E-state index contributed by atoms with van der Waals surface area (Å²) in [6.45, 7) is -2.18. The fourth-order valence-corrected chi connectivity index (χ4v) is 3.69. The van der Waals surface area contributed by atoms with Gasteiger partial charge in [0.1, 0.15) is 5.75 Å². The summed E-state index contributed by atoms with van der Waals surface area (Å²) >= 11 is 0. The molecule has 1 aromatic carbocycles. The van der Waals surface area contributed by atoms with Crippen LogP contribution in [-0.4, -0.2) is 110 Å². The molecule has 0 unspecified atom stereocenters. The zero-order chi connectivity index (χ0) is 28.0. The van der Waals surface area contributed by atoms with Crippen molar-refractivity contribution in [1.29, 1.82) is 0 Å². The maximum absolute atomic E-state index is 11.4. The van der Waals surface area contributed by atoms with Crippen molar-refractivity contribution < 1.29 is 97.0 Å². The molecule has 0 amide bonds. The van der Waals surface area contributed by atoms with Gasteiger partial charge in [-0.15, -0.1) is 0 Å². The van der Waals surface area contributed by atoms with E-state index >= 15 is 0 Å². The Labute approximate surface area is 254 Å². The van der Waals surface area contributed by atoms with E-state index in [-0.39, 0.29) is 68.8 Å². The van der Waals surface area contributed by atoms with Crippen LogP contribution in [-0.2, 0) is 30.4 Å². The first-order chi connectivity index (χ1) is 17.4. The summed E-state index contributed by atoms with van der Waals surface area (Å²) in [6.07, 6.45) is 0.0817. The third-order valence-electron chi connectivity index (χ3n) is 5.15. The van der Waals surface area contributed by atoms with Crippen LogP contribution in [0.25, 0.3) is 0 Å². The summed E-state index contributed by atoms with van der Waals surface area (Å²) in [4.78, 5) is 59.1. The number of carboxylic acids is 5. The normalized spacial score (nSPS) is 11.7. The van der Waals surface area contributed by atoms with Crippen LogP contribution in [0.1, 0.15) is 15.3 Å². The maximum atomic E-state index is 11.4. The number of carbonyl (C=O) groups excluding carboxylic acids is 5. The molecule has 0 aliphatic carbocycles. The van der Waals surface area contributed by atoms with Gasteiger partial charge in [-0.1, -0.05) is 12.1 Å². The first-order valence-electron chi connectivity index (χ1n) is 11.3. The molecule has 0 bridgehead atoms. The molecule has 0 heterocycles. The number of nitrogens with zero attached hydrogens (tertiary/aromatic N) is 3. The van der Waals surface area contributed by atoms with Gasteiger partial charge >= 0.3 is 42.8 Å². The van der Waals surface area contributed by atoms with Gasteiger partial charge in [0.25, 0.3) is 0 Å². The second-order valence-corrected chi connectivity index (χ2v) is 8.15. The molecule has 0 aliphatic rings. The molecule has 0 aliphatic heterocycles. The SMILES string of the molecule is CCOc1ccc(C[C@@H](CN(CCN(CC(=O)[O-])CC(=O)[O-])CC(=O)[O-])N(CC(=O)[O-])CC(=O)[O-])cc1.[Gd+3].[H+].[H+]. The van der Waals surface area contributed by atoms with Crippen molar-refractivity contribution in [2.75, 3.05) is 59.0 Å². The molecular formula is C23H30GdN3O11. The predicted molar refractivity (Wildman–Crippen MR) is 117 cm³/mol. The van der Waals surface area contributed by atoms with Gasteiger partial charge in [-0.25, -0.2) is 0 Å². The molecule has 0 aromatic heterocycles. The monoisotopic (exact) mass is 682 g/mol. The Kier molecular flexibility index (Phi) is 17.6. The standard InChI is InChI=1S/C23H33N3O11.Gd/c1-2-37-18-5-3-16(4-6-18)9-17(26(14-22(33)34)15-23(35)36)10-24(11-19(27)28)7-8-25(12-20(29)30)13-21(31)32;/h3-6,17H,2,7-15H2,1H3,(H,27,28)(H,29,30)(H,31,32)(H,33,34)(H,35,36);/q;+3/p-3/t17-;/m0./s1. The van der Waals surface area contributed by atoms with Gasteiger partial charge in [0.2, 0.25) is 0 Å². The molecule has 14 nitrogen and oxygen atoms in total. The maximum Gasteiger partial charge on any atom is 3.00 e. The van der Waals surface area contributed by atoms with Crippen LogP contribution < -0.4 is 30.3 Å². The molecule has 0 fully saturated rings. The van der Waals surface area contributed by atoms with Crippen molar-refractivity contribution in [2.24, 2.45) is 0 Å². The molecule has 38 heavy (non-hydrogen) atoms. The van der Waals surface area contributed by atoms with E-state index in [1.165, 1.54) is 4.90 Å². The van der Waals surface area contributed by atoms with Crippen LogP contribution in [0.2, 0.25) is 0 Å². The predicted octanol–water partition coefficient (Wildman–Crippen LogP) is -7.12. The number of hydrogen-bond donors (Lipinski definition) is 0. The molecule has 211 valence electrons. The average Bonchev–Trinajstić information content (AvgIpc) is 2.76. The molecule has 15 heteroatoms. The molecule has 0 N–H and O–H groups in total. The Balaban J connectivity index is -0.00000456. The molecule has 1 aromatic rings. The van der Waals surface area contributed by atoms with Gasteiger partial charge < -0.3 is 54.2 Å². The zero-order valence-corrected chi connectivity index (χ0v) is 22.9. The third kappa shape index (κ3) is 15.7. The summed E-state index contributed by atoms with van der Waals surface area (Å²) in [7, 11) is 0. The molecule has 0 saturated heterocycles. The molecule has 0 saturated carbocycles. The Morgan fingerprint density at radius 1 is 0.737 bits per heavy atom. The van der Waals surface area contributed by atoms with E-state index in [0.717, 1.165) is 9.80 Å². The van der Waals surface area contributed by atoms with Crippen molar-refractivity contribution in [2.45, 2.75) is 19.4 Å². The van der Waals surface area contributed by atoms with Gasteiger partial charge in [0, 0.05) is 58.4 Å².